The van der Waals surface area contributed by atoms with Gasteiger partial charge in [-0.05, 0) is 30.3 Å². The molecule has 37 heavy (non-hydrogen) atoms. The van der Waals surface area contributed by atoms with Gasteiger partial charge in [-0.2, -0.15) is 0 Å². The monoisotopic (exact) mass is 522 g/mol. The Morgan fingerprint density at radius 2 is 1.76 bits per heavy atom. The third-order valence-corrected chi connectivity index (χ3v) is 9.35. The minimum Gasteiger partial charge on any atom is -0.467 e. The second-order valence-corrected chi connectivity index (χ2v) is 11.0. The average molecular weight is 523 g/mol. The molecule has 202 valence electrons. The fourth-order valence-corrected chi connectivity index (χ4v) is 8.31. The lowest BCUT2D eigenvalue weighted by Gasteiger charge is -2.67. The van der Waals surface area contributed by atoms with Crippen molar-refractivity contribution in [3.63, 3.8) is 0 Å². The van der Waals surface area contributed by atoms with E-state index in [1.165, 1.54) is 6.92 Å². The van der Waals surface area contributed by atoms with Crippen molar-refractivity contribution in [2.45, 2.75) is 70.6 Å². The normalized spacial score (nSPS) is 45.9. The molecule has 0 amide bonds. The Morgan fingerprint density at radius 3 is 2.35 bits per heavy atom. The van der Waals surface area contributed by atoms with Crippen molar-refractivity contribution in [2.24, 2.45) is 28.6 Å². The van der Waals surface area contributed by atoms with Crippen LogP contribution in [0.2, 0.25) is 0 Å². The van der Waals surface area contributed by atoms with E-state index in [0.717, 1.165) is 14.0 Å². The van der Waals surface area contributed by atoms with E-state index in [1.807, 2.05) is 0 Å². The molecule has 0 unspecified atom stereocenters. The molecule has 12 heteroatoms. The van der Waals surface area contributed by atoms with Crippen molar-refractivity contribution in [1.29, 1.82) is 0 Å². The fraction of sp³-hybridized carbons (Fsp3) is 0.720. The van der Waals surface area contributed by atoms with Crippen molar-refractivity contribution in [3.05, 3.63) is 11.3 Å². The van der Waals surface area contributed by atoms with E-state index in [0.29, 0.717) is 5.57 Å². The molecule has 0 radical (unpaired) electrons. The predicted octanol–water partition coefficient (Wildman–Crippen LogP) is -0.424. The standard InChI is InChI=1S/C25H30O12/c1-9-12-6-14-24-8-34-25(22(32)33-5,19(24)17(21(31)37-14)36-11(3)27)20(30)15(29)18(24)23(12,4)7-13(28)16(9)35-10(2)26/h12,14-15,17-20,29-30H,6-8H2,1-5H3/t12-,14+,15+,17+,18+,19+,20-,23-,24+,25-/m0/s1. The first kappa shape index (κ1) is 25.8. The van der Waals surface area contributed by atoms with Crippen molar-refractivity contribution in [2.75, 3.05) is 13.7 Å². The molecule has 2 bridgehead atoms. The van der Waals surface area contributed by atoms with Crippen LogP contribution in [0.25, 0.3) is 0 Å². The van der Waals surface area contributed by atoms with E-state index in [1.54, 1.807) is 13.8 Å². The Bertz CT molecular complexity index is 1140. The highest BCUT2D eigenvalue weighted by molar-refractivity contribution is 5.98. The number of rotatable bonds is 3. The summed E-state index contributed by atoms with van der Waals surface area (Å²) in [6, 6.07) is 0. The number of carbonyl (C=O) groups excluding carboxylic acids is 5. The van der Waals surface area contributed by atoms with E-state index in [4.69, 9.17) is 23.7 Å². The van der Waals surface area contributed by atoms with Gasteiger partial charge < -0.3 is 33.9 Å². The second kappa shape index (κ2) is 8.08. The number of hydrogen-bond donors (Lipinski definition) is 2. The summed E-state index contributed by atoms with van der Waals surface area (Å²) in [5, 5.41) is 23.1. The van der Waals surface area contributed by atoms with Crippen LogP contribution in [-0.4, -0.2) is 83.6 Å². The van der Waals surface area contributed by atoms with Crippen molar-refractivity contribution >= 4 is 29.7 Å². The molecule has 5 rings (SSSR count). The van der Waals surface area contributed by atoms with E-state index in [9.17, 15) is 34.2 Å². The summed E-state index contributed by atoms with van der Waals surface area (Å²) in [6.45, 7) is 5.49. The highest BCUT2D eigenvalue weighted by Gasteiger charge is 2.85. The molecule has 10 atom stereocenters. The maximum Gasteiger partial charge on any atom is 0.348 e. The lowest BCUT2D eigenvalue weighted by molar-refractivity contribution is -0.290. The zero-order valence-electron chi connectivity index (χ0n) is 21.1. The van der Waals surface area contributed by atoms with Crippen LogP contribution in [0.5, 0.6) is 0 Å². The Morgan fingerprint density at radius 1 is 1.08 bits per heavy atom. The largest absolute Gasteiger partial charge is 0.467 e. The van der Waals surface area contributed by atoms with Gasteiger partial charge in [0.1, 0.15) is 12.2 Å². The number of Topliss-reactive ketones (excluding diaryl/α,β-unsaturated/α-hetero) is 1. The summed E-state index contributed by atoms with van der Waals surface area (Å²) in [5.41, 5.74) is -4.08. The summed E-state index contributed by atoms with van der Waals surface area (Å²) >= 11 is 0. The van der Waals surface area contributed by atoms with Gasteiger partial charge in [0.25, 0.3) is 0 Å². The number of hydrogen-bond acceptors (Lipinski definition) is 12. The maximum absolute atomic E-state index is 13.3. The van der Waals surface area contributed by atoms with Crippen LogP contribution < -0.4 is 0 Å². The number of aliphatic hydroxyl groups is 2. The third kappa shape index (κ3) is 3.03. The van der Waals surface area contributed by atoms with Crippen LogP contribution in [-0.2, 0) is 47.7 Å². The zero-order chi connectivity index (χ0) is 27.2. The number of esters is 4. The van der Waals surface area contributed by atoms with Gasteiger partial charge in [-0.15, -0.1) is 0 Å². The molecule has 2 heterocycles. The first-order valence-electron chi connectivity index (χ1n) is 12.2. The number of carbonyl (C=O) groups is 5. The van der Waals surface area contributed by atoms with Crippen molar-refractivity contribution < 1.29 is 57.9 Å². The average Bonchev–Trinajstić information content (AvgIpc) is 3.12. The number of methoxy groups -OCH3 is 1. The molecule has 2 saturated heterocycles. The molecule has 12 nitrogen and oxygen atoms in total. The lowest BCUT2D eigenvalue weighted by atomic mass is 9.38. The molecule has 0 aromatic heterocycles. The van der Waals surface area contributed by atoms with Gasteiger partial charge >= 0.3 is 23.9 Å². The summed E-state index contributed by atoms with van der Waals surface area (Å²) in [4.78, 5) is 63.4. The topological polar surface area (TPSA) is 172 Å². The minimum absolute atomic E-state index is 0.0835. The number of allylic oxidation sites excluding steroid dienone is 2. The molecular weight excluding hydrogens is 492 g/mol. The second-order valence-electron chi connectivity index (χ2n) is 11.0. The molecule has 5 aliphatic rings. The molecule has 2 N–H and O–H groups in total. The Hall–Kier alpha value is -2.83. The zero-order valence-corrected chi connectivity index (χ0v) is 21.1. The van der Waals surface area contributed by atoms with Gasteiger partial charge in [0.15, 0.2) is 11.5 Å². The van der Waals surface area contributed by atoms with Crippen molar-refractivity contribution in [3.8, 4) is 0 Å². The van der Waals surface area contributed by atoms with Gasteiger partial charge in [-0.3, -0.25) is 14.4 Å². The molecule has 0 aromatic rings. The van der Waals surface area contributed by atoms with Crippen LogP contribution in [0.3, 0.4) is 0 Å². The summed E-state index contributed by atoms with van der Waals surface area (Å²) in [6.07, 6.45) is -6.01. The SMILES string of the molecule is COC(=O)[C@@]12OC[C@]34[C@H]([C@@H](O)[C@@H]1O)[C@@]1(C)CC(=O)C(OC(C)=O)=C(C)[C@@H]1C[C@H]3OC(=O)[C@H](OC(C)=O)[C@@H]24. The molecule has 4 fully saturated rings. The highest BCUT2D eigenvalue weighted by Crippen LogP contribution is 2.72. The first-order valence-corrected chi connectivity index (χ1v) is 12.2. The molecule has 2 saturated carbocycles. The molecule has 0 aromatic carbocycles. The smallest absolute Gasteiger partial charge is 0.348 e. The molecule has 1 spiro atoms. The van der Waals surface area contributed by atoms with Gasteiger partial charge in [-0.25, -0.2) is 9.59 Å². The minimum atomic E-state index is -2.21. The van der Waals surface area contributed by atoms with Gasteiger partial charge in [0.2, 0.25) is 11.7 Å². The number of aliphatic hydroxyl groups excluding tert-OH is 2. The summed E-state index contributed by atoms with van der Waals surface area (Å²) in [5.74, 6) is -6.63. The summed E-state index contributed by atoms with van der Waals surface area (Å²) < 4.78 is 27.4. The maximum atomic E-state index is 13.3. The van der Waals surface area contributed by atoms with Gasteiger partial charge in [0.05, 0.1) is 25.7 Å². The van der Waals surface area contributed by atoms with E-state index < -0.39 is 88.3 Å². The Kier molecular flexibility index (Phi) is 5.64. The number of fused-ring (bicyclic) bond motifs is 2. The quantitative estimate of drug-likeness (QED) is 0.363. The Labute approximate surface area is 212 Å². The molecular formula is C25H30O12. The number of ketones is 1. The van der Waals surface area contributed by atoms with Crippen LogP contribution in [0, 0.1) is 28.6 Å². The van der Waals surface area contributed by atoms with E-state index in [2.05, 4.69) is 0 Å². The van der Waals surface area contributed by atoms with Gasteiger partial charge in [0, 0.05) is 31.6 Å². The third-order valence-electron chi connectivity index (χ3n) is 9.35. The number of ether oxygens (including phenoxy) is 5. The lowest BCUT2D eigenvalue weighted by Crippen LogP contribution is -2.79. The van der Waals surface area contributed by atoms with Crippen LogP contribution in [0.4, 0.5) is 0 Å². The van der Waals surface area contributed by atoms with Crippen LogP contribution >= 0.6 is 0 Å². The predicted molar refractivity (Wildman–Crippen MR) is 118 cm³/mol. The van der Waals surface area contributed by atoms with Crippen LogP contribution in [0.15, 0.2) is 11.3 Å². The fourth-order valence-electron chi connectivity index (χ4n) is 8.31. The van der Waals surface area contributed by atoms with Crippen LogP contribution in [0.1, 0.15) is 40.5 Å². The Balaban J connectivity index is 1.74. The van der Waals surface area contributed by atoms with E-state index in [-0.39, 0.29) is 25.2 Å². The van der Waals surface area contributed by atoms with Gasteiger partial charge in [-0.1, -0.05) is 6.92 Å². The molecule has 3 aliphatic carbocycles. The molecule has 2 aliphatic heterocycles. The van der Waals surface area contributed by atoms with E-state index >= 15 is 0 Å². The first-order chi connectivity index (χ1) is 17.3. The van der Waals surface area contributed by atoms with Crippen molar-refractivity contribution in [1.82, 2.24) is 0 Å². The summed E-state index contributed by atoms with van der Waals surface area (Å²) in [7, 11) is 1.08. The highest BCUT2D eigenvalue weighted by atomic mass is 16.6.